The zero-order valence-electron chi connectivity index (χ0n) is 7.78. The number of aromatic nitrogens is 1. The molecule has 0 saturated heterocycles. The van der Waals surface area contributed by atoms with Gasteiger partial charge in [0.25, 0.3) is 0 Å². The van der Waals surface area contributed by atoms with Crippen LogP contribution in [0.15, 0.2) is 12.3 Å². The molecule has 2 N–H and O–H groups in total. The molecular weight excluding hydrogens is 166 g/mol. The summed E-state index contributed by atoms with van der Waals surface area (Å²) >= 11 is 0. The maximum Gasteiger partial charge on any atom is 0.142 e. The van der Waals surface area contributed by atoms with Crippen molar-refractivity contribution in [3.8, 4) is 5.75 Å². The van der Waals surface area contributed by atoms with Gasteiger partial charge in [-0.15, -0.1) is 0 Å². The maximum atomic E-state index is 9.55. The van der Waals surface area contributed by atoms with Gasteiger partial charge in [-0.1, -0.05) is 12.2 Å². The molecule has 0 atom stereocenters. The van der Waals surface area contributed by atoms with Crippen LogP contribution in [-0.4, -0.2) is 15.2 Å². The fourth-order valence-electron chi connectivity index (χ4n) is 1.15. The highest BCUT2D eigenvalue weighted by Crippen LogP contribution is 2.24. The number of pyridine rings is 1. The summed E-state index contributed by atoms with van der Waals surface area (Å²) in [7, 11) is 0. The van der Waals surface area contributed by atoms with E-state index in [1.165, 1.54) is 0 Å². The van der Waals surface area contributed by atoms with Crippen molar-refractivity contribution in [2.24, 2.45) is 0 Å². The smallest absolute Gasteiger partial charge is 0.142 e. The van der Waals surface area contributed by atoms with Gasteiger partial charge in [0.15, 0.2) is 0 Å². The Morgan fingerprint density at radius 2 is 2.23 bits per heavy atom. The number of aliphatic hydroxyl groups excluding tert-OH is 1. The van der Waals surface area contributed by atoms with Crippen LogP contribution in [0, 0.1) is 6.92 Å². The molecule has 0 saturated carbocycles. The van der Waals surface area contributed by atoms with Crippen molar-refractivity contribution in [2.45, 2.75) is 20.5 Å². The second-order valence-electron chi connectivity index (χ2n) is 2.78. The van der Waals surface area contributed by atoms with E-state index in [4.69, 9.17) is 5.11 Å². The highest BCUT2D eigenvalue weighted by molar-refractivity contribution is 5.57. The molecule has 1 aromatic rings. The van der Waals surface area contributed by atoms with Gasteiger partial charge in [-0.25, -0.2) is 0 Å². The first-order chi connectivity index (χ1) is 6.20. The fraction of sp³-hybridized carbons (Fsp3) is 0.300. The molecule has 0 aliphatic carbocycles. The zero-order chi connectivity index (χ0) is 9.84. The first-order valence-electron chi connectivity index (χ1n) is 4.11. The number of hydrogen-bond acceptors (Lipinski definition) is 3. The minimum atomic E-state index is -0.172. The number of nitrogens with zero attached hydrogens (tertiary/aromatic N) is 1. The van der Waals surface area contributed by atoms with Crippen LogP contribution in [0.25, 0.3) is 6.08 Å². The molecule has 0 fully saturated rings. The molecule has 70 valence electrons. The maximum absolute atomic E-state index is 9.55. The van der Waals surface area contributed by atoms with Crippen LogP contribution < -0.4 is 0 Å². The Labute approximate surface area is 77.4 Å². The number of aryl methyl sites for hydroxylation is 1. The van der Waals surface area contributed by atoms with Crippen LogP contribution in [0.4, 0.5) is 0 Å². The molecule has 3 nitrogen and oxygen atoms in total. The van der Waals surface area contributed by atoms with E-state index in [9.17, 15) is 5.11 Å². The number of rotatable bonds is 2. The third-order valence-corrected chi connectivity index (χ3v) is 1.88. The summed E-state index contributed by atoms with van der Waals surface area (Å²) < 4.78 is 0. The molecule has 3 heteroatoms. The van der Waals surface area contributed by atoms with E-state index in [2.05, 4.69) is 4.98 Å². The van der Waals surface area contributed by atoms with Gasteiger partial charge in [-0.05, 0) is 13.8 Å². The second-order valence-corrected chi connectivity index (χ2v) is 2.78. The minimum Gasteiger partial charge on any atom is -0.506 e. The van der Waals surface area contributed by atoms with Crippen molar-refractivity contribution in [1.82, 2.24) is 4.98 Å². The van der Waals surface area contributed by atoms with Crippen molar-refractivity contribution in [3.05, 3.63) is 29.1 Å². The summed E-state index contributed by atoms with van der Waals surface area (Å²) in [5.41, 5.74) is 1.83. The molecule has 0 aliphatic heterocycles. The number of aliphatic hydroxyl groups is 1. The van der Waals surface area contributed by atoms with Crippen molar-refractivity contribution in [2.75, 3.05) is 0 Å². The van der Waals surface area contributed by atoms with E-state index in [-0.39, 0.29) is 12.4 Å². The molecule has 0 radical (unpaired) electrons. The molecule has 0 unspecified atom stereocenters. The standard InChI is InChI=1S/C10H13NO2/c1-3-4-8-5-11-7(2)10(13)9(8)6-12/h3-5,12-13H,6H2,1-2H3/b4-3-. The van der Waals surface area contributed by atoms with E-state index >= 15 is 0 Å². The Morgan fingerprint density at radius 1 is 1.54 bits per heavy atom. The van der Waals surface area contributed by atoms with Crippen molar-refractivity contribution < 1.29 is 10.2 Å². The molecule has 1 heterocycles. The Bertz CT molecular complexity index is 332. The van der Waals surface area contributed by atoms with Crippen LogP contribution in [0.1, 0.15) is 23.7 Å². The first-order valence-corrected chi connectivity index (χ1v) is 4.11. The van der Waals surface area contributed by atoms with Gasteiger partial charge >= 0.3 is 0 Å². The number of hydrogen-bond donors (Lipinski definition) is 2. The summed E-state index contributed by atoms with van der Waals surface area (Å²) in [6.07, 6.45) is 5.28. The second kappa shape index (κ2) is 4.05. The normalized spacial score (nSPS) is 11.0. The lowest BCUT2D eigenvalue weighted by molar-refractivity contribution is 0.274. The summed E-state index contributed by atoms with van der Waals surface area (Å²) in [4.78, 5) is 3.99. The first kappa shape index (κ1) is 9.74. The van der Waals surface area contributed by atoms with Gasteiger partial charge < -0.3 is 10.2 Å². The predicted octanol–water partition coefficient (Wildman–Crippen LogP) is 1.62. The molecule has 0 aliphatic rings. The van der Waals surface area contributed by atoms with Crippen molar-refractivity contribution in [3.63, 3.8) is 0 Å². The molecule has 1 rings (SSSR count). The van der Waals surface area contributed by atoms with Gasteiger partial charge in [0, 0.05) is 17.3 Å². The zero-order valence-corrected chi connectivity index (χ0v) is 7.78. The number of aromatic hydroxyl groups is 1. The van der Waals surface area contributed by atoms with Crippen LogP contribution in [0.2, 0.25) is 0 Å². The lowest BCUT2D eigenvalue weighted by atomic mass is 10.1. The Kier molecular flexibility index (Phi) is 3.03. The van der Waals surface area contributed by atoms with E-state index in [0.717, 1.165) is 5.56 Å². The summed E-state index contributed by atoms with van der Waals surface area (Å²) in [5, 5.41) is 18.6. The average Bonchev–Trinajstić information content (AvgIpc) is 2.12. The van der Waals surface area contributed by atoms with Crippen molar-refractivity contribution >= 4 is 6.08 Å². The minimum absolute atomic E-state index is 0.0816. The lowest BCUT2D eigenvalue weighted by Crippen LogP contribution is -1.94. The third-order valence-electron chi connectivity index (χ3n) is 1.88. The van der Waals surface area contributed by atoms with E-state index in [0.29, 0.717) is 11.3 Å². The monoisotopic (exact) mass is 179 g/mol. The fourth-order valence-corrected chi connectivity index (χ4v) is 1.15. The van der Waals surface area contributed by atoms with Crippen LogP contribution in [0.3, 0.4) is 0 Å². The van der Waals surface area contributed by atoms with Crippen molar-refractivity contribution in [1.29, 1.82) is 0 Å². The Morgan fingerprint density at radius 3 is 2.77 bits per heavy atom. The van der Waals surface area contributed by atoms with E-state index in [1.807, 2.05) is 13.0 Å². The Balaban J connectivity index is 3.29. The quantitative estimate of drug-likeness (QED) is 0.725. The largest absolute Gasteiger partial charge is 0.506 e. The molecule has 0 spiro atoms. The predicted molar refractivity (Wildman–Crippen MR) is 51.3 cm³/mol. The topological polar surface area (TPSA) is 53.4 Å². The third kappa shape index (κ3) is 1.87. The number of allylic oxidation sites excluding steroid dienone is 1. The molecule has 0 bridgehead atoms. The van der Waals surface area contributed by atoms with Gasteiger partial charge in [-0.2, -0.15) is 0 Å². The van der Waals surface area contributed by atoms with Gasteiger partial charge in [0.2, 0.25) is 0 Å². The molecular formula is C10H13NO2. The van der Waals surface area contributed by atoms with Gasteiger partial charge in [-0.3, -0.25) is 4.98 Å². The molecule has 0 amide bonds. The molecule has 1 aromatic heterocycles. The molecule has 13 heavy (non-hydrogen) atoms. The Hall–Kier alpha value is -1.35. The van der Waals surface area contributed by atoms with Gasteiger partial charge in [0.1, 0.15) is 5.75 Å². The average molecular weight is 179 g/mol. The van der Waals surface area contributed by atoms with E-state index in [1.54, 1.807) is 19.2 Å². The van der Waals surface area contributed by atoms with Crippen LogP contribution >= 0.6 is 0 Å². The summed E-state index contributed by atoms with van der Waals surface area (Å²) in [5.74, 6) is 0.0816. The lowest BCUT2D eigenvalue weighted by Gasteiger charge is -2.06. The highest BCUT2D eigenvalue weighted by atomic mass is 16.3. The van der Waals surface area contributed by atoms with Gasteiger partial charge in [0.05, 0.1) is 12.3 Å². The summed E-state index contributed by atoms with van der Waals surface area (Å²) in [6, 6.07) is 0. The van der Waals surface area contributed by atoms with Crippen LogP contribution in [-0.2, 0) is 6.61 Å². The van der Waals surface area contributed by atoms with E-state index < -0.39 is 0 Å². The molecule has 0 aromatic carbocycles. The van der Waals surface area contributed by atoms with Crippen LogP contribution in [0.5, 0.6) is 5.75 Å². The SMILES string of the molecule is C/C=C\c1cnc(C)c(O)c1CO. The highest BCUT2D eigenvalue weighted by Gasteiger charge is 2.07. The summed E-state index contributed by atoms with van der Waals surface area (Å²) in [6.45, 7) is 3.40.